The van der Waals surface area contributed by atoms with Crippen molar-refractivity contribution in [1.29, 1.82) is 0 Å². The van der Waals surface area contributed by atoms with Crippen molar-refractivity contribution >= 4 is 0 Å². The van der Waals surface area contributed by atoms with Gasteiger partial charge in [-0.1, -0.05) is 27.7 Å². The number of ether oxygens (including phenoxy) is 1. The summed E-state index contributed by atoms with van der Waals surface area (Å²) in [7, 11) is 0. The predicted octanol–water partition coefficient (Wildman–Crippen LogP) is 2.44. The summed E-state index contributed by atoms with van der Waals surface area (Å²) in [6, 6.07) is 0.684. The smallest absolute Gasteiger partial charge is 0.0685 e. The van der Waals surface area contributed by atoms with Crippen LogP contribution in [0.2, 0.25) is 0 Å². The normalized spacial score (nSPS) is 37.8. The Bertz CT molecular complexity index is 225. The molecule has 2 aliphatic rings. The first-order chi connectivity index (χ1) is 7.03. The van der Waals surface area contributed by atoms with E-state index in [-0.39, 0.29) is 0 Å². The topological polar surface area (TPSA) is 21.3 Å². The molecule has 0 amide bonds. The highest BCUT2D eigenvalue weighted by atomic mass is 16.5. The van der Waals surface area contributed by atoms with Gasteiger partial charge in [0.2, 0.25) is 0 Å². The second-order valence-corrected chi connectivity index (χ2v) is 6.18. The van der Waals surface area contributed by atoms with Crippen molar-refractivity contribution in [1.82, 2.24) is 5.32 Å². The molecule has 2 fully saturated rings. The minimum atomic E-state index is 0.345. The van der Waals surface area contributed by atoms with Crippen molar-refractivity contribution in [2.75, 3.05) is 13.2 Å². The van der Waals surface area contributed by atoms with Gasteiger partial charge in [-0.2, -0.15) is 0 Å². The quantitative estimate of drug-likeness (QED) is 0.771. The largest absolute Gasteiger partial charge is 0.377 e. The summed E-state index contributed by atoms with van der Waals surface area (Å²) in [5.41, 5.74) is 0.345. The summed E-state index contributed by atoms with van der Waals surface area (Å²) in [6.45, 7) is 11.4. The van der Waals surface area contributed by atoms with Crippen LogP contribution in [0, 0.1) is 17.3 Å². The fraction of sp³-hybridized carbons (Fsp3) is 1.00. The van der Waals surface area contributed by atoms with Gasteiger partial charge in [0.25, 0.3) is 0 Å². The molecule has 1 saturated heterocycles. The van der Waals surface area contributed by atoms with E-state index in [1.165, 1.54) is 12.8 Å². The van der Waals surface area contributed by atoms with E-state index in [1.54, 1.807) is 0 Å². The molecule has 1 aliphatic heterocycles. The molecular weight excluding hydrogens is 186 g/mol. The second kappa shape index (κ2) is 4.06. The molecule has 0 aromatic carbocycles. The number of hydrogen-bond donors (Lipinski definition) is 1. The lowest BCUT2D eigenvalue weighted by Gasteiger charge is -2.55. The van der Waals surface area contributed by atoms with Gasteiger partial charge in [-0.25, -0.2) is 0 Å². The Morgan fingerprint density at radius 3 is 2.80 bits per heavy atom. The van der Waals surface area contributed by atoms with E-state index in [2.05, 4.69) is 33.0 Å². The molecule has 2 heteroatoms. The predicted molar refractivity (Wildman–Crippen MR) is 62.9 cm³/mol. The zero-order valence-electron chi connectivity index (χ0n) is 10.5. The van der Waals surface area contributed by atoms with E-state index in [1.807, 2.05) is 0 Å². The van der Waals surface area contributed by atoms with Crippen LogP contribution in [-0.2, 0) is 4.74 Å². The average molecular weight is 211 g/mol. The maximum absolute atomic E-state index is 5.78. The number of rotatable bonds is 4. The van der Waals surface area contributed by atoms with Gasteiger partial charge in [-0.3, -0.25) is 0 Å². The van der Waals surface area contributed by atoms with Gasteiger partial charge in [-0.05, 0) is 25.3 Å². The van der Waals surface area contributed by atoms with Crippen molar-refractivity contribution in [2.45, 2.75) is 52.7 Å². The molecule has 0 aromatic heterocycles. The van der Waals surface area contributed by atoms with Crippen LogP contribution < -0.4 is 5.32 Å². The van der Waals surface area contributed by atoms with Gasteiger partial charge in [0.05, 0.1) is 6.10 Å². The van der Waals surface area contributed by atoms with Crippen molar-refractivity contribution in [3.8, 4) is 0 Å². The summed E-state index contributed by atoms with van der Waals surface area (Å²) < 4.78 is 5.78. The molecular formula is C13H25NO. The lowest BCUT2D eigenvalue weighted by Crippen LogP contribution is -2.65. The number of hydrogen-bond acceptors (Lipinski definition) is 2. The van der Waals surface area contributed by atoms with Gasteiger partial charge in [-0.15, -0.1) is 0 Å². The first-order valence-electron chi connectivity index (χ1n) is 6.38. The third-order valence-electron chi connectivity index (χ3n) is 4.19. The molecule has 0 aromatic rings. The highest BCUT2D eigenvalue weighted by Gasteiger charge is 2.58. The van der Waals surface area contributed by atoms with E-state index < -0.39 is 0 Å². The van der Waals surface area contributed by atoms with Crippen LogP contribution in [-0.4, -0.2) is 25.3 Å². The maximum Gasteiger partial charge on any atom is 0.0685 e. The Morgan fingerprint density at radius 1 is 1.40 bits per heavy atom. The molecule has 1 heterocycles. The van der Waals surface area contributed by atoms with Gasteiger partial charge in [0.1, 0.15) is 0 Å². The van der Waals surface area contributed by atoms with Gasteiger partial charge in [0, 0.05) is 24.0 Å². The third-order valence-corrected chi connectivity index (χ3v) is 4.19. The van der Waals surface area contributed by atoms with E-state index in [9.17, 15) is 0 Å². The summed E-state index contributed by atoms with van der Waals surface area (Å²) in [5, 5.41) is 3.73. The highest BCUT2D eigenvalue weighted by Crippen LogP contribution is 2.51. The SMILES string of the molecule is CC(C)CCNC1C2CCOC2C1(C)C. The van der Waals surface area contributed by atoms with E-state index in [4.69, 9.17) is 4.74 Å². The van der Waals surface area contributed by atoms with Crippen molar-refractivity contribution in [3.05, 3.63) is 0 Å². The van der Waals surface area contributed by atoms with Crippen LogP contribution >= 0.6 is 0 Å². The second-order valence-electron chi connectivity index (χ2n) is 6.18. The molecule has 88 valence electrons. The lowest BCUT2D eigenvalue weighted by molar-refractivity contribution is -0.112. The highest BCUT2D eigenvalue weighted by molar-refractivity contribution is 5.11. The van der Waals surface area contributed by atoms with Crippen LogP contribution in [0.1, 0.15) is 40.5 Å². The molecule has 15 heavy (non-hydrogen) atoms. The average Bonchev–Trinajstić information content (AvgIpc) is 2.58. The minimum absolute atomic E-state index is 0.345. The van der Waals surface area contributed by atoms with Crippen molar-refractivity contribution in [3.63, 3.8) is 0 Å². The Balaban J connectivity index is 1.82. The Hall–Kier alpha value is -0.0800. The molecule has 3 atom stereocenters. The summed E-state index contributed by atoms with van der Waals surface area (Å²) in [5.74, 6) is 1.59. The van der Waals surface area contributed by atoms with Crippen LogP contribution in [0.3, 0.4) is 0 Å². The van der Waals surface area contributed by atoms with E-state index in [0.717, 1.165) is 25.0 Å². The molecule has 0 radical (unpaired) electrons. The van der Waals surface area contributed by atoms with Gasteiger partial charge < -0.3 is 10.1 Å². The Morgan fingerprint density at radius 2 is 2.13 bits per heavy atom. The number of fused-ring (bicyclic) bond motifs is 1. The molecule has 1 aliphatic carbocycles. The molecule has 0 spiro atoms. The van der Waals surface area contributed by atoms with Gasteiger partial charge in [0.15, 0.2) is 0 Å². The van der Waals surface area contributed by atoms with Crippen molar-refractivity contribution in [2.24, 2.45) is 17.3 Å². The standard InChI is InChI=1S/C13H25NO/c1-9(2)5-7-14-11-10-6-8-15-12(10)13(11,3)4/h9-12,14H,5-8H2,1-4H3. The Kier molecular flexibility index (Phi) is 3.09. The Labute approximate surface area is 93.8 Å². The van der Waals surface area contributed by atoms with Crippen LogP contribution in [0.15, 0.2) is 0 Å². The monoisotopic (exact) mass is 211 g/mol. The van der Waals surface area contributed by atoms with E-state index in [0.29, 0.717) is 17.6 Å². The van der Waals surface area contributed by atoms with Crippen LogP contribution in [0.5, 0.6) is 0 Å². The van der Waals surface area contributed by atoms with E-state index >= 15 is 0 Å². The summed E-state index contributed by atoms with van der Waals surface area (Å²) in [4.78, 5) is 0. The van der Waals surface area contributed by atoms with Gasteiger partial charge >= 0.3 is 0 Å². The van der Waals surface area contributed by atoms with Crippen molar-refractivity contribution < 1.29 is 4.74 Å². The summed E-state index contributed by atoms with van der Waals surface area (Å²) >= 11 is 0. The molecule has 2 nitrogen and oxygen atoms in total. The zero-order valence-corrected chi connectivity index (χ0v) is 10.5. The molecule has 1 saturated carbocycles. The third kappa shape index (κ3) is 1.94. The summed E-state index contributed by atoms with van der Waals surface area (Å²) in [6.07, 6.45) is 3.06. The first-order valence-corrected chi connectivity index (χ1v) is 6.38. The first kappa shape index (κ1) is 11.4. The van der Waals surface area contributed by atoms with Crippen LogP contribution in [0.4, 0.5) is 0 Å². The lowest BCUT2D eigenvalue weighted by atomic mass is 9.57. The molecule has 1 N–H and O–H groups in total. The minimum Gasteiger partial charge on any atom is -0.377 e. The fourth-order valence-corrected chi connectivity index (χ4v) is 3.27. The maximum atomic E-state index is 5.78. The number of nitrogens with one attached hydrogen (secondary N) is 1. The molecule has 3 unspecified atom stereocenters. The zero-order chi connectivity index (χ0) is 11.1. The van der Waals surface area contributed by atoms with Crippen LogP contribution in [0.25, 0.3) is 0 Å². The molecule has 0 bridgehead atoms. The fourth-order valence-electron chi connectivity index (χ4n) is 3.27. The molecule has 2 rings (SSSR count).